The minimum absolute atomic E-state index is 0.0147. The van der Waals surface area contributed by atoms with Gasteiger partial charge in [0.05, 0.1) is 18.1 Å². The lowest BCUT2D eigenvalue weighted by Crippen LogP contribution is -2.28. The second kappa shape index (κ2) is 8.23. The number of benzene rings is 1. The quantitative estimate of drug-likeness (QED) is 0.461. The van der Waals surface area contributed by atoms with Crippen molar-refractivity contribution >= 4 is 23.4 Å². The molecule has 10 nitrogen and oxygen atoms in total. The second-order valence-corrected chi connectivity index (χ2v) is 5.86. The molecule has 3 rings (SSSR count). The third kappa shape index (κ3) is 4.55. The molecule has 0 aliphatic heterocycles. The minimum Gasteiger partial charge on any atom is -0.365 e. The van der Waals surface area contributed by atoms with Crippen molar-refractivity contribution in [2.75, 3.05) is 17.2 Å². The maximum absolute atomic E-state index is 11.7. The molecule has 0 aliphatic rings. The number of primary amides is 1. The summed E-state index contributed by atoms with van der Waals surface area (Å²) in [6.45, 7) is 2.52. The van der Waals surface area contributed by atoms with Crippen LogP contribution < -0.4 is 22.1 Å². The molecule has 140 valence electrons. The second-order valence-electron chi connectivity index (χ2n) is 5.86. The lowest BCUT2D eigenvalue weighted by atomic mass is 10.2. The summed E-state index contributed by atoms with van der Waals surface area (Å²) in [5, 5.41) is 14.4. The molecule has 0 aliphatic carbocycles. The molecule has 0 unspecified atom stereocenters. The first kappa shape index (κ1) is 18.3. The molecular formula is C17H21N9O. The van der Waals surface area contributed by atoms with Crippen molar-refractivity contribution < 1.29 is 4.79 Å². The van der Waals surface area contributed by atoms with E-state index in [4.69, 9.17) is 11.5 Å². The van der Waals surface area contributed by atoms with Crippen LogP contribution in [0.3, 0.4) is 0 Å². The average molecular weight is 367 g/mol. The molecule has 1 atom stereocenters. The fourth-order valence-corrected chi connectivity index (χ4v) is 2.30. The number of carbonyl (C=O) groups excluding carboxylic acids is 1. The molecule has 6 N–H and O–H groups in total. The number of hydrogen-bond donors (Lipinski definition) is 4. The van der Waals surface area contributed by atoms with Crippen LogP contribution in [0.5, 0.6) is 0 Å². The summed E-state index contributed by atoms with van der Waals surface area (Å²) in [5.41, 5.74) is 13.0. The number of amides is 1. The van der Waals surface area contributed by atoms with Crippen LogP contribution in [0.15, 0.2) is 42.9 Å². The Morgan fingerprint density at radius 2 is 2.07 bits per heavy atom. The number of anilines is 3. The van der Waals surface area contributed by atoms with E-state index in [-0.39, 0.29) is 11.6 Å². The Bertz CT molecular complexity index is 911. The number of nitrogens with one attached hydrogen (secondary N) is 2. The van der Waals surface area contributed by atoms with Crippen LogP contribution in [0.1, 0.15) is 23.7 Å². The molecule has 0 bridgehead atoms. The summed E-state index contributed by atoms with van der Waals surface area (Å²) in [6.07, 6.45) is 5.39. The first-order valence-corrected chi connectivity index (χ1v) is 8.47. The molecule has 2 heterocycles. The molecule has 1 aromatic carbocycles. The van der Waals surface area contributed by atoms with Gasteiger partial charge in [-0.2, -0.15) is 20.0 Å². The summed E-state index contributed by atoms with van der Waals surface area (Å²) < 4.78 is 0. The molecular weight excluding hydrogens is 346 g/mol. The molecule has 0 saturated heterocycles. The molecule has 27 heavy (non-hydrogen) atoms. The van der Waals surface area contributed by atoms with Crippen molar-refractivity contribution in [3.8, 4) is 5.69 Å². The van der Waals surface area contributed by atoms with Crippen molar-refractivity contribution in [1.29, 1.82) is 0 Å². The lowest BCUT2D eigenvalue weighted by Gasteiger charge is -2.13. The zero-order chi connectivity index (χ0) is 19.2. The smallest absolute Gasteiger partial charge is 0.254 e. The standard InChI is InChI=1S/C17H21N9O/c1-2-11(18)9-20-17-21-10-14(15(19)27)16(25-17)24-12-4-3-5-13(8-12)26-22-6-7-23-26/h3-8,10-11H,2,9,18H2,1H3,(H2,19,27)(H2,20,21,24,25)/t11-/m1/s1. The van der Waals surface area contributed by atoms with Gasteiger partial charge >= 0.3 is 0 Å². The number of aromatic nitrogens is 5. The monoisotopic (exact) mass is 367 g/mol. The number of nitrogens with zero attached hydrogens (tertiary/aromatic N) is 5. The first-order valence-electron chi connectivity index (χ1n) is 8.47. The normalized spacial score (nSPS) is 11.8. The van der Waals surface area contributed by atoms with Crippen molar-refractivity contribution in [1.82, 2.24) is 25.0 Å². The van der Waals surface area contributed by atoms with Gasteiger partial charge in [0.25, 0.3) is 5.91 Å². The van der Waals surface area contributed by atoms with Crippen LogP contribution in [-0.4, -0.2) is 43.5 Å². The molecule has 2 aromatic heterocycles. The summed E-state index contributed by atoms with van der Waals surface area (Å²) in [6, 6.07) is 7.34. The zero-order valence-electron chi connectivity index (χ0n) is 14.8. The van der Waals surface area contributed by atoms with E-state index in [2.05, 4.69) is 30.8 Å². The summed E-state index contributed by atoms with van der Waals surface area (Å²) in [4.78, 5) is 21.7. The maximum Gasteiger partial charge on any atom is 0.254 e. The van der Waals surface area contributed by atoms with Gasteiger partial charge in [-0.05, 0) is 24.6 Å². The van der Waals surface area contributed by atoms with Gasteiger partial charge in [0, 0.05) is 24.5 Å². The highest BCUT2D eigenvalue weighted by molar-refractivity contribution is 5.98. The zero-order valence-corrected chi connectivity index (χ0v) is 14.8. The number of rotatable bonds is 8. The van der Waals surface area contributed by atoms with Gasteiger partial charge in [-0.3, -0.25) is 4.79 Å². The third-order valence-corrected chi connectivity index (χ3v) is 3.86. The summed E-state index contributed by atoms with van der Waals surface area (Å²) in [7, 11) is 0. The van der Waals surface area contributed by atoms with Gasteiger partial charge in [-0.25, -0.2) is 4.98 Å². The molecule has 0 radical (unpaired) electrons. The van der Waals surface area contributed by atoms with Gasteiger partial charge in [-0.1, -0.05) is 13.0 Å². The van der Waals surface area contributed by atoms with E-state index in [1.165, 1.54) is 11.0 Å². The number of nitrogens with two attached hydrogens (primary N) is 2. The third-order valence-electron chi connectivity index (χ3n) is 3.86. The highest BCUT2D eigenvalue weighted by atomic mass is 16.1. The van der Waals surface area contributed by atoms with Crippen LogP contribution >= 0.6 is 0 Å². The molecule has 3 aromatic rings. The molecule has 1 amide bonds. The van der Waals surface area contributed by atoms with Crippen molar-refractivity contribution in [2.24, 2.45) is 11.5 Å². The molecule has 0 fully saturated rings. The van der Waals surface area contributed by atoms with Crippen LogP contribution in [0.25, 0.3) is 5.69 Å². The van der Waals surface area contributed by atoms with Crippen LogP contribution in [-0.2, 0) is 0 Å². The molecule has 10 heteroatoms. The summed E-state index contributed by atoms with van der Waals surface area (Å²) >= 11 is 0. The molecule has 0 spiro atoms. The first-order chi connectivity index (χ1) is 13.1. The van der Waals surface area contributed by atoms with Crippen molar-refractivity contribution in [3.05, 3.63) is 48.4 Å². The minimum atomic E-state index is -0.626. The fraction of sp³-hybridized carbons (Fsp3) is 0.235. The topological polar surface area (TPSA) is 150 Å². The Morgan fingerprint density at radius 3 is 2.78 bits per heavy atom. The maximum atomic E-state index is 11.7. The predicted molar refractivity (Wildman–Crippen MR) is 102 cm³/mol. The highest BCUT2D eigenvalue weighted by Crippen LogP contribution is 2.21. The van der Waals surface area contributed by atoms with E-state index in [1.807, 2.05) is 31.2 Å². The van der Waals surface area contributed by atoms with Gasteiger partial charge in [0.2, 0.25) is 5.95 Å². The lowest BCUT2D eigenvalue weighted by molar-refractivity contribution is 0.100. The summed E-state index contributed by atoms with van der Waals surface area (Å²) in [5.74, 6) is 0.0335. The Morgan fingerprint density at radius 1 is 1.30 bits per heavy atom. The predicted octanol–water partition coefficient (Wildman–Crippen LogP) is 1.05. The van der Waals surface area contributed by atoms with E-state index in [9.17, 15) is 4.79 Å². The highest BCUT2D eigenvalue weighted by Gasteiger charge is 2.13. The van der Waals surface area contributed by atoms with Crippen LogP contribution in [0.2, 0.25) is 0 Å². The van der Waals surface area contributed by atoms with E-state index in [0.29, 0.717) is 24.0 Å². The largest absolute Gasteiger partial charge is 0.365 e. The van der Waals surface area contributed by atoms with Crippen molar-refractivity contribution in [2.45, 2.75) is 19.4 Å². The average Bonchev–Trinajstić information content (AvgIpc) is 3.21. The van der Waals surface area contributed by atoms with Crippen LogP contribution in [0.4, 0.5) is 17.5 Å². The van der Waals surface area contributed by atoms with Gasteiger partial charge in [0.1, 0.15) is 11.4 Å². The Labute approximate surface area is 156 Å². The Kier molecular flexibility index (Phi) is 5.57. The van der Waals surface area contributed by atoms with Gasteiger partial charge < -0.3 is 22.1 Å². The van der Waals surface area contributed by atoms with Crippen LogP contribution in [0, 0.1) is 0 Å². The SMILES string of the molecule is CC[C@@H](N)CNc1ncc(C(N)=O)c(Nc2cccc(-n3nccn3)c2)n1. The number of carbonyl (C=O) groups is 1. The van der Waals surface area contributed by atoms with Gasteiger partial charge in [-0.15, -0.1) is 0 Å². The van der Waals surface area contributed by atoms with E-state index < -0.39 is 5.91 Å². The number of hydrogen-bond acceptors (Lipinski definition) is 8. The van der Waals surface area contributed by atoms with Crippen molar-refractivity contribution in [3.63, 3.8) is 0 Å². The van der Waals surface area contributed by atoms with Gasteiger partial charge in [0.15, 0.2) is 0 Å². The molecule has 0 saturated carbocycles. The van der Waals surface area contributed by atoms with E-state index in [1.54, 1.807) is 12.4 Å². The Hall–Kier alpha value is -3.53. The van der Waals surface area contributed by atoms with E-state index in [0.717, 1.165) is 12.1 Å². The fourth-order valence-electron chi connectivity index (χ4n) is 2.30. The Balaban J connectivity index is 1.86. The van der Waals surface area contributed by atoms with E-state index >= 15 is 0 Å².